The lowest BCUT2D eigenvalue weighted by Gasteiger charge is -2.43. The summed E-state index contributed by atoms with van der Waals surface area (Å²) in [6.07, 6.45) is 0. The number of amides is 4. The van der Waals surface area contributed by atoms with Crippen molar-refractivity contribution in [1.29, 1.82) is 0 Å². The van der Waals surface area contributed by atoms with E-state index in [-0.39, 0.29) is 35.7 Å². The molecule has 33 heavy (non-hydrogen) atoms. The minimum absolute atomic E-state index is 0.0320. The van der Waals surface area contributed by atoms with E-state index in [1.807, 2.05) is 44.2 Å². The predicted molar refractivity (Wildman–Crippen MR) is 122 cm³/mol. The molecule has 2 N–H and O–H groups in total. The van der Waals surface area contributed by atoms with Gasteiger partial charge >= 0.3 is 6.03 Å². The molecule has 4 rings (SSSR count). The quantitative estimate of drug-likeness (QED) is 0.674. The Morgan fingerprint density at radius 2 is 1.91 bits per heavy atom. The first kappa shape index (κ1) is 23.2. The number of urea groups is 1. The number of rotatable bonds is 6. The topological polar surface area (TPSA) is 85.0 Å². The number of hydrazine groups is 1. The van der Waals surface area contributed by atoms with Crippen molar-refractivity contribution in [2.45, 2.75) is 38.5 Å². The van der Waals surface area contributed by atoms with Crippen molar-refractivity contribution in [2.24, 2.45) is 0 Å². The lowest BCUT2D eigenvalue weighted by Crippen LogP contribution is -2.67. The summed E-state index contributed by atoms with van der Waals surface area (Å²) in [7, 11) is 0. The van der Waals surface area contributed by atoms with Gasteiger partial charge in [0.05, 0.1) is 18.3 Å². The maximum Gasteiger partial charge on any atom is 0.327 e. The van der Waals surface area contributed by atoms with Crippen LogP contribution in [-0.4, -0.2) is 63.9 Å². The molecule has 0 aliphatic carbocycles. The number of hydrogen-bond acceptors (Lipinski definition) is 5. The molecule has 3 unspecified atom stereocenters. The van der Waals surface area contributed by atoms with Crippen molar-refractivity contribution in [1.82, 2.24) is 20.2 Å². The van der Waals surface area contributed by atoms with E-state index >= 15 is 0 Å². The number of carbonyl (C=O) groups excluding carboxylic acids is 3. The van der Waals surface area contributed by atoms with Gasteiger partial charge in [-0.15, -0.1) is 0 Å². The number of benzene rings is 2. The first-order valence-electron chi connectivity index (χ1n) is 10.7. The van der Waals surface area contributed by atoms with Crippen LogP contribution in [0.4, 0.5) is 14.9 Å². The summed E-state index contributed by atoms with van der Waals surface area (Å²) in [5.41, 5.74) is 4.00. The molecule has 2 aliphatic rings. The molecule has 174 valence electrons. The Balaban J connectivity index is 1.60. The molecular weight excluding hydrogens is 449 g/mol. The maximum absolute atomic E-state index is 14.1. The molecule has 0 spiro atoms. The van der Waals surface area contributed by atoms with Crippen LogP contribution in [0.5, 0.6) is 0 Å². The lowest BCUT2D eigenvalue weighted by molar-refractivity contribution is -0.140. The standard InChI is InChI=1S/C23H25ClFN5O3/c1-3-30-21-20(14(2)27-30)28(13-19(31)26-18-10-9-16(24)11-17(18)25)23(33)29(22(21)32)12-15-7-5-4-6-8-15/h4-11,14,20-21,27H,3,12-13H2,1-2H3,(H,26,31). The van der Waals surface area contributed by atoms with E-state index in [0.29, 0.717) is 6.54 Å². The summed E-state index contributed by atoms with van der Waals surface area (Å²) >= 11 is 5.77. The Labute approximate surface area is 196 Å². The van der Waals surface area contributed by atoms with Crippen LogP contribution in [0, 0.1) is 5.82 Å². The third-order valence-corrected chi connectivity index (χ3v) is 6.18. The van der Waals surface area contributed by atoms with Gasteiger partial charge in [0.2, 0.25) is 5.91 Å². The SMILES string of the molecule is CCN1NC(C)C2C1C(=O)N(Cc1ccccc1)C(=O)N2CC(=O)Nc1ccc(Cl)cc1F. The van der Waals surface area contributed by atoms with E-state index < -0.39 is 29.8 Å². The van der Waals surface area contributed by atoms with Crippen LogP contribution >= 0.6 is 11.6 Å². The highest BCUT2D eigenvalue weighted by atomic mass is 35.5. The van der Waals surface area contributed by atoms with Gasteiger partial charge in [0.15, 0.2) is 0 Å². The molecule has 0 radical (unpaired) electrons. The van der Waals surface area contributed by atoms with E-state index in [9.17, 15) is 18.8 Å². The Morgan fingerprint density at radius 1 is 1.18 bits per heavy atom. The number of nitrogens with zero attached hydrogens (tertiary/aromatic N) is 3. The van der Waals surface area contributed by atoms with Crippen molar-refractivity contribution in [3.8, 4) is 0 Å². The van der Waals surface area contributed by atoms with Gasteiger partial charge in [0, 0.05) is 17.6 Å². The van der Waals surface area contributed by atoms with Crippen LogP contribution in [0.3, 0.4) is 0 Å². The third kappa shape index (κ3) is 4.57. The first-order valence-corrected chi connectivity index (χ1v) is 11.1. The summed E-state index contributed by atoms with van der Waals surface area (Å²) < 4.78 is 14.1. The zero-order valence-corrected chi connectivity index (χ0v) is 19.1. The van der Waals surface area contributed by atoms with Crippen molar-refractivity contribution >= 4 is 35.1 Å². The van der Waals surface area contributed by atoms with Crippen LogP contribution in [0.2, 0.25) is 5.02 Å². The highest BCUT2D eigenvalue weighted by molar-refractivity contribution is 6.30. The Bertz CT molecular complexity index is 1070. The van der Waals surface area contributed by atoms with Gasteiger partial charge < -0.3 is 10.2 Å². The molecule has 4 amide bonds. The molecule has 8 nitrogen and oxygen atoms in total. The lowest BCUT2D eigenvalue weighted by atomic mass is 9.97. The molecule has 10 heteroatoms. The number of fused-ring (bicyclic) bond motifs is 1. The molecule has 2 aromatic rings. The molecule has 2 aliphatic heterocycles. The van der Waals surface area contributed by atoms with Gasteiger partial charge in [-0.2, -0.15) is 0 Å². The molecular formula is C23H25ClFN5O3. The van der Waals surface area contributed by atoms with E-state index in [2.05, 4.69) is 10.7 Å². The second-order valence-corrected chi connectivity index (χ2v) is 8.57. The first-order chi connectivity index (χ1) is 15.8. The number of anilines is 1. The van der Waals surface area contributed by atoms with Gasteiger partial charge in [0.1, 0.15) is 18.4 Å². The van der Waals surface area contributed by atoms with Crippen molar-refractivity contribution in [2.75, 3.05) is 18.4 Å². The highest BCUT2D eigenvalue weighted by Crippen LogP contribution is 2.30. The fraction of sp³-hybridized carbons (Fsp3) is 0.348. The fourth-order valence-corrected chi connectivity index (χ4v) is 4.60. The Morgan fingerprint density at radius 3 is 2.58 bits per heavy atom. The van der Waals surface area contributed by atoms with Crippen LogP contribution in [0.25, 0.3) is 0 Å². The van der Waals surface area contributed by atoms with Gasteiger partial charge in [0.25, 0.3) is 5.91 Å². The van der Waals surface area contributed by atoms with Crippen LogP contribution < -0.4 is 10.7 Å². The van der Waals surface area contributed by atoms with E-state index in [0.717, 1.165) is 11.6 Å². The molecule has 2 saturated heterocycles. The Hall–Kier alpha value is -3.01. The average molecular weight is 474 g/mol. The zero-order valence-electron chi connectivity index (χ0n) is 18.3. The zero-order chi connectivity index (χ0) is 23.7. The number of imide groups is 1. The van der Waals surface area contributed by atoms with Gasteiger partial charge in [-0.05, 0) is 30.7 Å². The summed E-state index contributed by atoms with van der Waals surface area (Å²) in [6, 6.07) is 11.1. The normalized spacial score (nSPS) is 23.1. The fourth-order valence-electron chi connectivity index (χ4n) is 4.44. The van der Waals surface area contributed by atoms with Crippen molar-refractivity contribution < 1.29 is 18.8 Å². The van der Waals surface area contributed by atoms with Crippen molar-refractivity contribution in [3.05, 3.63) is 64.9 Å². The van der Waals surface area contributed by atoms with Gasteiger partial charge in [-0.3, -0.25) is 14.5 Å². The largest absolute Gasteiger partial charge is 0.327 e. The number of carbonyl (C=O) groups is 3. The monoisotopic (exact) mass is 473 g/mol. The highest BCUT2D eigenvalue weighted by Gasteiger charge is 2.54. The van der Waals surface area contributed by atoms with E-state index in [1.54, 1.807) is 5.01 Å². The molecule has 0 saturated carbocycles. The van der Waals surface area contributed by atoms with Crippen LogP contribution in [-0.2, 0) is 16.1 Å². The maximum atomic E-state index is 14.1. The number of nitrogens with one attached hydrogen (secondary N) is 2. The smallest absolute Gasteiger partial charge is 0.322 e. The molecule has 2 fully saturated rings. The third-order valence-electron chi connectivity index (χ3n) is 5.94. The minimum atomic E-state index is -0.673. The van der Waals surface area contributed by atoms with Crippen molar-refractivity contribution in [3.63, 3.8) is 0 Å². The van der Waals surface area contributed by atoms with Crippen LogP contribution in [0.1, 0.15) is 19.4 Å². The Kier molecular flexibility index (Phi) is 6.64. The second kappa shape index (κ2) is 9.46. The summed E-state index contributed by atoms with van der Waals surface area (Å²) in [4.78, 5) is 42.2. The molecule has 3 atom stereocenters. The summed E-state index contributed by atoms with van der Waals surface area (Å²) in [5.74, 6) is -1.56. The average Bonchev–Trinajstić information content (AvgIpc) is 3.13. The predicted octanol–water partition coefficient (Wildman–Crippen LogP) is 2.85. The van der Waals surface area contributed by atoms with Gasteiger partial charge in [-0.1, -0.05) is 48.9 Å². The summed E-state index contributed by atoms with van der Waals surface area (Å²) in [6.45, 7) is 4.08. The minimum Gasteiger partial charge on any atom is -0.322 e. The summed E-state index contributed by atoms with van der Waals surface area (Å²) in [5, 5.41) is 4.50. The molecule has 2 aromatic carbocycles. The van der Waals surface area contributed by atoms with E-state index in [4.69, 9.17) is 11.6 Å². The number of halogens is 2. The van der Waals surface area contributed by atoms with E-state index in [1.165, 1.54) is 21.9 Å². The molecule has 0 bridgehead atoms. The van der Waals surface area contributed by atoms with Gasteiger partial charge in [-0.25, -0.2) is 19.6 Å². The van der Waals surface area contributed by atoms with Crippen LogP contribution in [0.15, 0.2) is 48.5 Å². The number of hydrogen-bond donors (Lipinski definition) is 2. The number of likely N-dealkylation sites (N-methyl/N-ethyl adjacent to an activating group) is 1. The molecule has 2 heterocycles. The second-order valence-electron chi connectivity index (χ2n) is 8.13. The molecule has 0 aromatic heterocycles.